The minimum absolute atomic E-state index is 0.128. The van der Waals surface area contributed by atoms with Crippen molar-refractivity contribution in [3.63, 3.8) is 0 Å². The van der Waals surface area contributed by atoms with Crippen LogP contribution in [0.15, 0.2) is 83.8 Å². The number of para-hydroxylation sites is 1. The molecule has 9 heteroatoms. The summed E-state index contributed by atoms with van der Waals surface area (Å²) in [5.74, 6) is 0.883. The Kier molecular flexibility index (Phi) is 9.16. The third kappa shape index (κ3) is 7.55. The first-order valence-electron chi connectivity index (χ1n) is 12.4. The molecule has 1 saturated heterocycles. The number of nitrogens with zero attached hydrogens (tertiary/aromatic N) is 2. The predicted molar refractivity (Wildman–Crippen MR) is 144 cm³/mol. The van der Waals surface area contributed by atoms with Gasteiger partial charge in [-0.05, 0) is 68.4 Å². The molecule has 3 aromatic carbocycles. The van der Waals surface area contributed by atoms with Gasteiger partial charge in [-0.25, -0.2) is 8.42 Å². The highest BCUT2D eigenvalue weighted by Crippen LogP contribution is 2.28. The smallest absolute Gasteiger partial charge is 0.264 e. The van der Waals surface area contributed by atoms with E-state index in [0.717, 1.165) is 49.1 Å². The van der Waals surface area contributed by atoms with Crippen molar-refractivity contribution < 1.29 is 22.7 Å². The van der Waals surface area contributed by atoms with Crippen molar-refractivity contribution in [3.8, 4) is 11.5 Å². The molecule has 196 valence electrons. The SMILES string of the molecule is Cc1ccc(S(=O)(=O)N(CC(=O)NCCCN2CCOCC2)c2ccc(Oc3ccccc3)cc2)cc1. The molecule has 1 amide bonds. The van der Waals surface area contributed by atoms with Crippen molar-refractivity contribution in [2.45, 2.75) is 18.2 Å². The highest BCUT2D eigenvalue weighted by atomic mass is 32.2. The van der Waals surface area contributed by atoms with Crippen molar-refractivity contribution in [1.29, 1.82) is 0 Å². The molecule has 37 heavy (non-hydrogen) atoms. The Morgan fingerprint density at radius 3 is 2.27 bits per heavy atom. The molecule has 1 heterocycles. The average molecular weight is 524 g/mol. The number of carbonyl (C=O) groups is 1. The molecule has 0 bridgehead atoms. The molecule has 1 aliphatic heterocycles. The van der Waals surface area contributed by atoms with E-state index in [1.807, 2.05) is 37.3 Å². The van der Waals surface area contributed by atoms with E-state index in [9.17, 15) is 13.2 Å². The molecule has 4 rings (SSSR count). The molecule has 3 aromatic rings. The van der Waals surface area contributed by atoms with E-state index in [1.165, 1.54) is 0 Å². The fourth-order valence-corrected chi connectivity index (χ4v) is 5.42. The number of benzene rings is 3. The Labute approximate surface area is 218 Å². The number of amides is 1. The molecule has 0 spiro atoms. The first-order chi connectivity index (χ1) is 17.9. The molecule has 8 nitrogen and oxygen atoms in total. The van der Waals surface area contributed by atoms with Gasteiger partial charge >= 0.3 is 0 Å². The van der Waals surface area contributed by atoms with Gasteiger partial charge in [0.2, 0.25) is 5.91 Å². The fraction of sp³-hybridized carbons (Fsp3) is 0.321. The first kappa shape index (κ1) is 26.7. The third-order valence-electron chi connectivity index (χ3n) is 6.08. The Morgan fingerprint density at radius 2 is 1.59 bits per heavy atom. The maximum atomic E-state index is 13.6. The second-order valence-corrected chi connectivity index (χ2v) is 10.8. The number of carbonyl (C=O) groups excluding carboxylic acids is 1. The van der Waals surface area contributed by atoms with Crippen LogP contribution in [-0.2, 0) is 19.6 Å². The minimum Gasteiger partial charge on any atom is -0.457 e. The third-order valence-corrected chi connectivity index (χ3v) is 7.86. The van der Waals surface area contributed by atoms with Crippen LogP contribution in [0.3, 0.4) is 0 Å². The van der Waals surface area contributed by atoms with E-state index < -0.39 is 10.0 Å². The highest BCUT2D eigenvalue weighted by molar-refractivity contribution is 7.92. The van der Waals surface area contributed by atoms with Crippen molar-refractivity contribution in [2.24, 2.45) is 0 Å². The molecule has 1 fully saturated rings. The number of aryl methyl sites for hydroxylation is 1. The van der Waals surface area contributed by atoms with Crippen LogP contribution in [0.1, 0.15) is 12.0 Å². The predicted octanol–water partition coefficient (Wildman–Crippen LogP) is 3.82. The average Bonchev–Trinajstić information content (AvgIpc) is 2.92. The summed E-state index contributed by atoms with van der Waals surface area (Å²) in [5.41, 5.74) is 1.33. The van der Waals surface area contributed by atoms with E-state index in [1.54, 1.807) is 48.5 Å². The van der Waals surface area contributed by atoms with Crippen LogP contribution >= 0.6 is 0 Å². The number of hydrogen-bond donors (Lipinski definition) is 1. The Morgan fingerprint density at radius 1 is 0.946 bits per heavy atom. The molecule has 1 aliphatic rings. The lowest BCUT2D eigenvalue weighted by Gasteiger charge is -2.26. The zero-order valence-electron chi connectivity index (χ0n) is 21.0. The van der Waals surface area contributed by atoms with Gasteiger partial charge in [-0.1, -0.05) is 35.9 Å². The summed E-state index contributed by atoms with van der Waals surface area (Å²) < 4.78 is 39.5. The van der Waals surface area contributed by atoms with Crippen molar-refractivity contribution in [1.82, 2.24) is 10.2 Å². The number of hydrogen-bond acceptors (Lipinski definition) is 6. The number of ether oxygens (including phenoxy) is 2. The van der Waals surface area contributed by atoms with E-state index in [-0.39, 0.29) is 17.3 Å². The molecule has 0 atom stereocenters. The van der Waals surface area contributed by atoms with Crippen molar-refractivity contribution in [3.05, 3.63) is 84.4 Å². The van der Waals surface area contributed by atoms with E-state index in [2.05, 4.69) is 10.2 Å². The number of rotatable bonds is 11. The van der Waals surface area contributed by atoms with Gasteiger partial charge in [0.15, 0.2) is 0 Å². The van der Waals surface area contributed by atoms with Crippen LogP contribution in [0, 0.1) is 6.92 Å². The summed E-state index contributed by atoms with van der Waals surface area (Å²) in [4.78, 5) is 15.3. The molecule has 0 unspecified atom stereocenters. The standard InChI is InChI=1S/C28H33N3O5S/c1-23-8-14-27(15-9-23)37(33,34)31(22-28(32)29-16-5-17-30-18-20-35-21-19-30)24-10-12-26(13-11-24)36-25-6-3-2-4-7-25/h2-4,6-15H,5,16-22H2,1H3,(H,29,32). The van der Waals surface area contributed by atoms with E-state index >= 15 is 0 Å². The molecule has 1 N–H and O–H groups in total. The lowest BCUT2D eigenvalue weighted by Crippen LogP contribution is -2.42. The van der Waals surface area contributed by atoms with Crippen LogP contribution in [-0.4, -0.2) is 65.2 Å². The Balaban J connectivity index is 1.46. The number of sulfonamides is 1. The Hall–Kier alpha value is -3.40. The maximum Gasteiger partial charge on any atom is 0.264 e. The summed E-state index contributed by atoms with van der Waals surface area (Å²) in [7, 11) is -3.98. The fourth-order valence-electron chi connectivity index (χ4n) is 4.00. The number of morpholine rings is 1. The Bertz CT molecular complexity index is 1240. The molecular weight excluding hydrogens is 490 g/mol. The summed E-state index contributed by atoms with van der Waals surface area (Å²) in [6.45, 7) is 6.13. The summed E-state index contributed by atoms with van der Waals surface area (Å²) >= 11 is 0. The lowest BCUT2D eigenvalue weighted by molar-refractivity contribution is -0.119. The minimum atomic E-state index is -3.98. The van der Waals surface area contributed by atoms with Gasteiger partial charge in [0.1, 0.15) is 18.0 Å². The number of nitrogens with one attached hydrogen (secondary N) is 1. The topological polar surface area (TPSA) is 88.2 Å². The molecule has 0 aromatic heterocycles. The quantitative estimate of drug-likeness (QED) is 0.385. The van der Waals surface area contributed by atoms with Gasteiger partial charge in [0.25, 0.3) is 10.0 Å². The van der Waals surface area contributed by atoms with Crippen LogP contribution < -0.4 is 14.4 Å². The van der Waals surface area contributed by atoms with Crippen molar-refractivity contribution >= 4 is 21.6 Å². The normalized spacial score (nSPS) is 14.2. The molecule has 0 saturated carbocycles. The zero-order chi connectivity index (χ0) is 26.1. The monoisotopic (exact) mass is 523 g/mol. The van der Waals surface area contributed by atoms with Crippen molar-refractivity contribution in [2.75, 3.05) is 50.2 Å². The lowest BCUT2D eigenvalue weighted by atomic mass is 10.2. The summed E-state index contributed by atoms with van der Waals surface area (Å²) in [6.07, 6.45) is 0.780. The van der Waals surface area contributed by atoms with Crippen LogP contribution in [0.5, 0.6) is 11.5 Å². The largest absolute Gasteiger partial charge is 0.457 e. The molecular formula is C28H33N3O5S. The second kappa shape index (κ2) is 12.7. The number of anilines is 1. The van der Waals surface area contributed by atoms with Gasteiger partial charge in [-0.2, -0.15) is 0 Å². The van der Waals surface area contributed by atoms with Gasteiger partial charge in [0.05, 0.1) is 23.8 Å². The maximum absolute atomic E-state index is 13.6. The van der Waals surface area contributed by atoms with Crippen LogP contribution in [0.4, 0.5) is 5.69 Å². The summed E-state index contributed by atoms with van der Waals surface area (Å²) in [6, 6.07) is 22.6. The van der Waals surface area contributed by atoms with Crippen LogP contribution in [0.2, 0.25) is 0 Å². The molecule has 0 aliphatic carbocycles. The summed E-state index contributed by atoms with van der Waals surface area (Å²) in [5, 5.41) is 2.87. The molecule has 0 radical (unpaired) electrons. The van der Waals surface area contributed by atoms with Gasteiger partial charge in [-0.3, -0.25) is 14.0 Å². The zero-order valence-corrected chi connectivity index (χ0v) is 21.8. The van der Waals surface area contributed by atoms with Crippen LogP contribution in [0.25, 0.3) is 0 Å². The van der Waals surface area contributed by atoms with E-state index in [0.29, 0.717) is 23.7 Å². The van der Waals surface area contributed by atoms with Gasteiger partial charge in [-0.15, -0.1) is 0 Å². The highest BCUT2D eigenvalue weighted by Gasteiger charge is 2.27. The van der Waals surface area contributed by atoms with Gasteiger partial charge < -0.3 is 14.8 Å². The second-order valence-electron chi connectivity index (χ2n) is 8.89. The first-order valence-corrected chi connectivity index (χ1v) is 13.8. The van der Waals surface area contributed by atoms with Gasteiger partial charge in [0, 0.05) is 19.6 Å². The van der Waals surface area contributed by atoms with E-state index in [4.69, 9.17) is 9.47 Å².